The van der Waals surface area contributed by atoms with Crippen LogP contribution in [0, 0.1) is 0 Å². The summed E-state index contributed by atoms with van der Waals surface area (Å²) >= 11 is 0. The van der Waals surface area contributed by atoms with Gasteiger partial charge in [0.1, 0.15) is 5.69 Å². The van der Waals surface area contributed by atoms with Crippen LogP contribution in [0.4, 0.5) is 13.2 Å². The maximum absolute atomic E-state index is 12.9. The Bertz CT molecular complexity index is 426. The smallest absolute Gasteiger partial charge is 0.393 e. The molecule has 1 aromatic heterocycles. The predicted molar refractivity (Wildman–Crippen MR) is 59.6 cm³/mol. The second-order valence-electron chi connectivity index (χ2n) is 4.78. The molecule has 0 radical (unpaired) electrons. The van der Waals surface area contributed by atoms with Crippen LogP contribution in [0.15, 0.2) is 18.3 Å². The third-order valence-electron chi connectivity index (χ3n) is 3.46. The number of aliphatic hydroxyl groups excluding tert-OH is 1. The van der Waals surface area contributed by atoms with E-state index in [9.17, 15) is 18.3 Å². The predicted octanol–water partition coefficient (Wildman–Crippen LogP) is 2.19. The molecule has 0 amide bonds. The van der Waals surface area contributed by atoms with Crippen LogP contribution in [-0.2, 0) is 11.7 Å². The Labute approximate surface area is 103 Å². The second kappa shape index (κ2) is 4.51. The highest BCUT2D eigenvalue weighted by Crippen LogP contribution is 2.40. The molecule has 1 aliphatic rings. The number of pyridine rings is 1. The highest BCUT2D eigenvalue weighted by atomic mass is 19.4. The first-order valence-electron chi connectivity index (χ1n) is 5.82. The van der Waals surface area contributed by atoms with Crippen molar-refractivity contribution in [3.05, 3.63) is 29.6 Å². The van der Waals surface area contributed by atoms with Crippen LogP contribution in [0.1, 0.15) is 36.9 Å². The lowest BCUT2D eigenvalue weighted by Gasteiger charge is -2.37. The van der Waals surface area contributed by atoms with Crippen LogP contribution >= 0.6 is 0 Å². The Morgan fingerprint density at radius 3 is 2.50 bits per heavy atom. The SMILES string of the molecule is NC1(c2cccnc2C(F)(F)F)CCC(O)CC1. The summed E-state index contributed by atoms with van der Waals surface area (Å²) in [5, 5.41) is 9.42. The van der Waals surface area contributed by atoms with Gasteiger partial charge in [0.25, 0.3) is 0 Å². The molecule has 6 heteroatoms. The summed E-state index contributed by atoms with van der Waals surface area (Å²) < 4.78 is 38.6. The molecular formula is C12H15F3N2O. The van der Waals surface area contributed by atoms with Crippen molar-refractivity contribution in [2.24, 2.45) is 5.73 Å². The zero-order valence-electron chi connectivity index (χ0n) is 9.74. The maximum atomic E-state index is 12.9. The van der Waals surface area contributed by atoms with Crippen molar-refractivity contribution in [2.75, 3.05) is 0 Å². The number of alkyl halides is 3. The maximum Gasteiger partial charge on any atom is 0.433 e. The summed E-state index contributed by atoms with van der Waals surface area (Å²) in [7, 11) is 0. The Morgan fingerprint density at radius 1 is 1.33 bits per heavy atom. The van der Waals surface area contributed by atoms with E-state index in [1.807, 2.05) is 0 Å². The molecule has 100 valence electrons. The summed E-state index contributed by atoms with van der Waals surface area (Å²) in [5.41, 5.74) is 4.16. The van der Waals surface area contributed by atoms with Gasteiger partial charge in [-0.15, -0.1) is 0 Å². The molecule has 3 N–H and O–H groups in total. The molecule has 18 heavy (non-hydrogen) atoms. The Morgan fingerprint density at radius 2 is 1.94 bits per heavy atom. The third kappa shape index (κ3) is 2.49. The highest BCUT2D eigenvalue weighted by Gasteiger charge is 2.42. The Balaban J connectivity index is 2.39. The topological polar surface area (TPSA) is 59.1 Å². The van der Waals surface area contributed by atoms with Gasteiger partial charge in [0.2, 0.25) is 0 Å². The van der Waals surface area contributed by atoms with E-state index in [1.165, 1.54) is 12.1 Å². The zero-order valence-corrected chi connectivity index (χ0v) is 9.74. The fourth-order valence-corrected chi connectivity index (χ4v) is 2.42. The van der Waals surface area contributed by atoms with Crippen LogP contribution in [0.2, 0.25) is 0 Å². The molecule has 2 rings (SSSR count). The van der Waals surface area contributed by atoms with E-state index in [4.69, 9.17) is 5.73 Å². The molecule has 0 saturated heterocycles. The molecule has 0 bridgehead atoms. The summed E-state index contributed by atoms with van der Waals surface area (Å²) in [6, 6.07) is 2.84. The van der Waals surface area contributed by atoms with Crippen LogP contribution in [-0.4, -0.2) is 16.2 Å². The van der Waals surface area contributed by atoms with Crippen LogP contribution in [0.5, 0.6) is 0 Å². The third-order valence-corrected chi connectivity index (χ3v) is 3.46. The summed E-state index contributed by atoms with van der Waals surface area (Å²) in [5.74, 6) is 0. The van der Waals surface area contributed by atoms with Gasteiger partial charge in [-0.3, -0.25) is 4.98 Å². The molecule has 0 spiro atoms. The van der Waals surface area contributed by atoms with Crippen molar-refractivity contribution in [1.29, 1.82) is 0 Å². The number of hydrogen-bond acceptors (Lipinski definition) is 3. The van der Waals surface area contributed by atoms with E-state index in [0.717, 1.165) is 6.20 Å². The van der Waals surface area contributed by atoms with Gasteiger partial charge in [-0.2, -0.15) is 13.2 Å². The monoisotopic (exact) mass is 260 g/mol. The minimum absolute atomic E-state index is 0.0319. The average molecular weight is 260 g/mol. The van der Waals surface area contributed by atoms with E-state index in [1.54, 1.807) is 0 Å². The Kier molecular flexibility index (Phi) is 3.33. The minimum Gasteiger partial charge on any atom is -0.393 e. The molecule has 0 atom stereocenters. The average Bonchev–Trinajstić information content (AvgIpc) is 2.32. The largest absolute Gasteiger partial charge is 0.433 e. The first-order chi connectivity index (χ1) is 8.33. The highest BCUT2D eigenvalue weighted by molar-refractivity contribution is 5.30. The lowest BCUT2D eigenvalue weighted by atomic mass is 9.76. The molecule has 1 heterocycles. The van der Waals surface area contributed by atoms with Crippen molar-refractivity contribution in [3.63, 3.8) is 0 Å². The molecule has 0 unspecified atom stereocenters. The lowest BCUT2D eigenvalue weighted by Crippen LogP contribution is -2.43. The van der Waals surface area contributed by atoms with Gasteiger partial charge in [0, 0.05) is 17.3 Å². The number of aliphatic hydroxyl groups is 1. The summed E-state index contributed by atoms with van der Waals surface area (Å²) in [4.78, 5) is 3.42. The van der Waals surface area contributed by atoms with Crippen molar-refractivity contribution in [3.8, 4) is 0 Å². The number of rotatable bonds is 1. The number of halogens is 3. The first-order valence-corrected chi connectivity index (χ1v) is 5.82. The van der Waals surface area contributed by atoms with Gasteiger partial charge in [-0.25, -0.2) is 0 Å². The summed E-state index contributed by atoms with van der Waals surface area (Å²) in [6.07, 6.45) is -2.34. The van der Waals surface area contributed by atoms with E-state index in [0.29, 0.717) is 25.7 Å². The van der Waals surface area contributed by atoms with E-state index < -0.39 is 23.5 Å². The van der Waals surface area contributed by atoms with Gasteiger partial charge < -0.3 is 10.8 Å². The lowest BCUT2D eigenvalue weighted by molar-refractivity contribution is -0.142. The van der Waals surface area contributed by atoms with Crippen LogP contribution < -0.4 is 5.73 Å². The molecule has 1 aromatic rings. The van der Waals surface area contributed by atoms with Crippen molar-refractivity contribution in [2.45, 2.75) is 43.5 Å². The fourth-order valence-electron chi connectivity index (χ4n) is 2.42. The van der Waals surface area contributed by atoms with E-state index >= 15 is 0 Å². The summed E-state index contributed by atoms with van der Waals surface area (Å²) in [6.45, 7) is 0. The molecule has 1 fully saturated rings. The fraction of sp³-hybridized carbons (Fsp3) is 0.583. The number of aromatic nitrogens is 1. The Hall–Kier alpha value is -1.14. The van der Waals surface area contributed by atoms with Crippen molar-refractivity contribution < 1.29 is 18.3 Å². The molecule has 0 aliphatic heterocycles. The van der Waals surface area contributed by atoms with Crippen LogP contribution in [0.3, 0.4) is 0 Å². The standard InChI is InChI=1S/C12H15F3N2O/c13-12(14,15)10-9(2-1-7-17-10)11(16)5-3-8(18)4-6-11/h1-2,7-8,18H,3-6,16H2. The normalized spacial score (nSPS) is 29.3. The second-order valence-corrected chi connectivity index (χ2v) is 4.78. The van der Waals surface area contributed by atoms with E-state index in [-0.39, 0.29) is 5.56 Å². The molecule has 0 aromatic carbocycles. The minimum atomic E-state index is -4.50. The van der Waals surface area contributed by atoms with Gasteiger partial charge in [-0.1, -0.05) is 6.07 Å². The van der Waals surface area contributed by atoms with Crippen molar-refractivity contribution >= 4 is 0 Å². The van der Waals surface area contributed by atoms with Gasteiger partial charge in [-0.05, 0) is 31.7 Å². The molecular weight excluding hydrogens is 245 g/mol. The quantitative estimate of drug-likeness (QED) is 0.813. The van der Waals surface area contributed by atoms with Crippen LogP contribution in [0.25, 0.3) is 0 Å². The van der Waals surface area contributed by atoms with Crippen molar-refractivity contribution in [1.82, 2.24) is 4.98 Å². The van der Waals surface area contributed by atoms with E-state index in [2.05, 4.69) is 4.98 Å². The number of nitrogens with two attached hydrogens (primary N) is 1. The van der Waals surface area contributed by atoms with Gasteiger partial charge in [0.15, 0.2) is 0 Å². The molecule has 3 nitrogen and oxygen atoms in total. The number of hydrogen-bond donors (Lipinski definition) is 2. The molecule has 1 saturated carbocycles. The number of nitrogens with zero attached hydrogens (tertiary/aromatic N) is 1. The molecule has 1 aliphatic carbocycles. The first kappa shape index (κ1) is 13.3. The van der Waals surface area contributed by atoms with Gasteiger partial charge >= 0.3 is 6.18 Å². The van der Waals surface area contributed by atoms with Gasteiger partial charge in [0.05, 0.1) is 6.10 Å². The zero-order chi connectivity index (χ0) is 13.4.